The lowest BCUT2D eigenvalue weighted by Crippen LogP contribution is -2.47. The summed E-state index contributed by atoms with van der Waals surface area (Å²) in [6.45, 7) is 0.375. The first-order valence-corrected chi connectivity index (χ1v) is 9.31. The zero-order chi connectivity index (χ0) is 19.1. The van der Waals surface area contributed by atoms with E-state index in [1.54, 1.807) is 12.1 Å². The predicted octanol–water partition coefficient (Wildman–Crippen LogP) is 3.70. The highest BCUT2D eigenvalue weighted by atomic mass is 79.9. The Labute approximate surface area is 165 Å². The molecule has 0 aliphatic rings. The Hall–Kier alpha value is -2.86. The summed E-state index contributed by atoms with van der Waals surface area (Å²) in [5.74, 6) is -0.495. The first kappa shape index (κ1) is 18.9. The third-order valence-corrected chi connectivity index (χ3v) is 4.50. The van der Waals surface area contributed by atoms with Crippen molar-refractivity contribution in [2.75, 3.05) is 0 Å². The molecule has 0 aliphatic carbocycles. The highest BCUT2D eigenvalue weighted by Crippen LogP contribution is 2.12. The van der Waals surface area contributed by atoms with Crippen LogP contribution in [0.3, 0.4) is 0 Å². The number of carbonyl (C=O) groups is 2. The minimum absolute atomic E-state index is 0.174. The zero-order valence-corrected chi connectivity index (χ0v) is 16.1. The van der Waals surface area contributed by atoms with Gasteiger partial charge in [0.25, 0.3) is 5.91 Å². The van der Waals surface area contributed by atoms with Gasteiger partial charge in [-0.1, -0.05) is 58.4 Å². The predicted molar refractivity (Wildman–Crippen MR) is 106 cm³/mol. The van der Waals surface area contributed by atoms with Crippen LogP contribution >= 0.6 is 15.9 Å². The molecule has 0 bridgehead atoms. The number of amides is 2. The lowest BCUT2D eigenvalue weighted by atomic mass is 10.0. The Morgan fingerprint density at radius 1 is 0.963 bits per heavy atom. The topological polar surface area (TPSA) is 71.3 Å². The van der Waals surface area contributed by atoms with Crippen molar-refractivity contribution in [2.45, 2.75) is 19.0 Å². The van der Waals surface area contributed by atoms with Crippen LogP contribution in [0.5, 0.6) is 0 Å². The molecule has 27 heavy (non-hydrogen) atoms. The molecular weight excluding hydrogens is 408 g/mol. The van der Waals surface area contributed by atoms with E-state index in [0.29, 0.717) is 13.0 Å². The lowest BCUT2D eigenvalue weighted by molar-refractivity contribution is -0.123. The van der Waals surface area contributed by atoms with E-state index >= 15 is 0 Å². The summed E-state index contributed by atoms with van der Waals surface area (Å²) in [5.41, 5.74) is 1.92. The van der Waals surface area contributed by atoms with Crippen molar-refractivity contribution in [2.24, 2.45) is 0 Å². The second kappa shape index (κ2) is 9.19. The van der Waals surface area contributed by atoms with Crippen molar-refractivity contribution in [3.63, 3.8) is 0 Å². The van der Waals surface area contributed by atoms with Gasteiger partial charge in [-0.15, -0.1) is 0 Å². The smallest absolute Gasteiger partial charge is 0.287 e. The molecule has 138 valence electrons. The summed E-state index contributed by atoms with van der Waals surface area (Å²) in [6, 6.07) is 19.8. The summed E-state index contributed by atoms with van der Waals surface area (Å²) >= 11 is 3.42. The second-order valence-electron chi connectivity index (χ2n) is 6.04. The van der Waals surface area contributed by atoms with Gasteiger partial charge in [-0.05, 0) is 35.4 Å². The van der Waals surface area contributed by atoms with Crippen LogP contribution in [0.2, 0.25) is 0 Å². The van der Waals surface area contributed by atoms with Gasteiger partial charge in [0, 0.05) is 17.4 Å². The van der Waals surface area contributed by atoms with Crippen molar-refractivity contribution < 1.29 is 14.0 Å². The summed E-state index contributed by atoms with van der Waals surface area (Å²) in [4.78, 5) is 25.1. The Bertz CT molecular complexity index is 895. The molecule has 0 fully saturated rings. The standard InChI is InChI=1S/C21H19BrN2O3/c22-17-9-4-8-16(12-17)14-23-20(25)18(13-15-6-2-1-3-7-15)24-21(26)19-10-5-11-27-19/h1-12,18H,13-14H2,(H,23,25)(H,24,26). The van der Waals surface area contributed by atoms with Gasteiger partial charge in [-0.2, -0.15) is 0 Å². The SMILES string of the molecule is O=C(NC(Cc1ccccc1)C(=O)NCc1cccc(Br)c1)c1ccco1. The monoisotopic (exact) mass is 426 g/mol. The third kappa shape index (κ3) is 5.56. The van der Waals surface area contributed by atoms with E-state index in [1.165, 1.54) is 6.26 Å². The normalized spacial score (nSPS) is 11.6. The molecular formula is C21H19BrN2O3. The van der Waals surface area contributed by atoms with Crippen molar-refractivity contribution in [3.8, 4) is 0 Å². The van der Waals surface area contributed by atoms with Crippen LogP contribution in [0, 0.1) is 0 Å². The number of nitrogens with one attached hydrogen (secondary N) is 2. The van der Waals surface area contributed by atoms with E-state index < -0.39 is 11.9 Å². The molecule has 0 spiro atoms. The molecule has 0 radical (unpaired) electrons. The van der Waals surface area contributed by atoms with Crippen LogP contribution in [0.15, 0.2) is 81.9 Å². The van der Waals surface area contributed by atoms with Gasteiger partial charge < -0.3 is 15.1 Å². The van der Waals surface area contributed by atoms with Gasteiger partial charge in [0.2, 0.25) is 5.91 Å². The van der Waals surface area contributed by atoms with Crippen LogP contribution < -0.4 is 10.6 Å². The quantitative estimate of drug-likeness (QED) is 0.604. The van der Waals surface area contributed by atoms with Crippen LogP contribution in [-0.2, 0) is 17.8 Å². The number of carbonyl (C=O) groups excluding carboxylic acids is 2. The van der Waals surface area contributed by atoms with Crippen LogP contribution in [0.4, 0.5) is 0 Å². The Balaban J connectivity index is 1.69. The molecule has 6 heteroatoms. The first-order valence-electron chi connectivity index (χ1n) is 8.52. The first-order chi connectivity index (χ1) is 13.1. The van der Waals surface area contributed by atoms with Gasteiger partial charge in [0.1, 0.15) is 6.04 Å². The van der Waals surface area contributed by atoms with E-state index in [4.69, 9.17) is 4.42 Å². The maximum atomic E-state index is 12.7. The molecule has 5 nitrogen and oxygen atoms in total. The molecule has 0 saturated carbocycles. The average molecular weight is 427 g/mol. The number of hydrogen-bond donors (Lipinski definition) is 2. The number of rotatable bonds is 7. The van der Waals surface area contributed by atoms with E-state index in [1.807, 2.05) is 54.6 Å². The lowest BCUT2D eigenvalue weighted by Gasteiger charge is -2.18. The molecule has 1 atom stereocenters. The number of furan rings is 1. The molecule has 1 unspecified atom stereocenters. The summed E-state index contributed by atoms with van der Waals surface area (Å²) in [7, 11) is 0. The molecule has 3 aromatic rings. The van der Waals surface area contributed by atoms with Gasteiger partial charge >= 0.3 is 0 Å². The average Bonchev–Trinajstić information content (AvgIpc) is 3.21. The van der Waals surface area contributed by atoms with Crippen molar-refractivity contribution >= 4 is 27.7 Å². The highest BCUT2D eigenvalue weighted by Gasteiger charge is 2.22. The van der Waals surface area contributed by atoms with Crippen LogP contribution in [0.25, 0.3) is 0 Å². The maximum Gasteiger partial charge on any atom is 0.287 e. The fourth-order valence-electron chi connectivity index (χ4n) is 2.66. The Morgan fingerprint density at radius 3 is 2.44 bits per heavy atom. The molecule has 3 rings (SSSR count). The number of halogens is 1. The molecule has 2 amide bonds. The fourth-order valence-corrected chi connectivity index (χ4v) is 3.10. The van der Waals surface area contributed by atoms with Crippen LogP contribution in [-0.4, -0.2) is 17.9 Å². The van der Waals surface area contributed by atoms with Crippen molar-refractivity contribution in [3.05, 3.63) is 94.4 Å². The largest absolute Gasteiger partial charge is 0.459 e. The van der Waals surface area contributed by atoms with Gasteiger partial charge in [0.15, 0.2) is 5.76 Å². The minimum Gasteiger partial charge on any atom is -0.459 e. The molecule has 2 aromatic carbocycles. The summed E-state index contributed by atoms with van der Waals surface area (Å²) < 4.78 is 6.07. The Kier molecular flexibility index (Phi) is 6.44. The van der Waals surface area contributed by atoms with Gasteiger partial charge in [-0.3, -0.25) is 9.59 Å². The van der Waals surface area contributed by atoms with E-state index in [0.717, 1.165) is 15.6 Å². The summed E-state index contributed by atoms with van der Waals surface area (Å²) in [5, 5.41) is 5.65. The second-order valence-corrected chi connectivity index (χ2v) is 6.96. The molecule has 0 aliphatic heterocycles. The van der Waals surface area contributed by atoms with Crippen molar-refractivity contribution in [1.82, 2.24) is 10.6 Å². The fraction of sp³-hybridized carbons (Fsp3) is 0.143. The molecule has 1 heterocycles. The Morgan fingerprint density at radius 2 is 1.74 bits per heavy atom. The van der Waals surface area contributed by atoms with Crippen LogP contribution in [0.1, 0.15) is 21.7 Å². The summed E-state index contributed by atoms with van der Waals surface area (Å²) in [6.07, 6.45) is 1.81. The van der Waals surface area contributed by atoms with Gasteiger partial charge in [0.05, 0.1) is 6.26 Å². The maximum absolute atomic E-state index is 12.7. The minimum atomic E-state index is -0.711. The molecule has 1 aromatic heterocycles. The number of hydrogen-bond acceptors (Lipinski definition) is 3. The zero-order valence-electron chi connectivity index (χ0n) is 14.5. The number of benzene rings is 2. The van der Waals surface area contributed by atoms with E-state index in [2.05, 4.69) is 26.6 Å². The van der Waals surface area contributed by atoms with Crippen molar-refractivity contribution in [1.29, 1.82) is 0 Å². The third-order valence-electron chi connectivity index (χ3n) is 4.01. The van der Waals surface area contributed by atoms with E-state index in [-0.39, 0.29) is 11.7 Å². The molecule has 0 saturated heterocycles. The van der Waals surface area contributed by atoms with Gasteiger partial charge in [-0.25, -0.2) is 0 Å². The molecule has 2 N–H and O–H groups in total. The van der Waals surface area contributed by atoms with E-state index in [9.17, 15) is 9.59 Å². The highest BCUT2D eigenvalue weighted by molar-refractivity contribution is 9.10.